The fourth-order valence-corrected chi connectivity index (χ4v) is 5.27. The van der Waals surface area contributed by atoms with Gasteiger partial charge in [-0.3, -0.25) is 9.69 Å². The summed E-state index contributed by atoms with van der Waals surface area (Å²) in [7, 11) is -3.12. The Morgan fingerprint density at radius 2 is 1.95 bits per heavy atom. The number of nitrogens with zero attached hydrogens (tertiary/aromatic N) is 1. The highest BCUT2D eigenvalue weighted by atomic mass is 35.5. The lowest BCUT2D eigenvalue weighted by molar-refractivity contribution is -0.123. The van der Waals surface area contributed by atoms with Crippen molar-refractivity contribution in [3.05, 3.63) is 0 Å². The number of piperidine rings is 1. The maximum absolute atomic E-state index is 11.9. The summed E-state index contributed by atoms with van der Waals surface area (Å²) in [5, 5.41) is 11.2. The van der Waals surface area contributed by atoms with E-state index in [4.69, 9.17) is 16.7 Å². The van der Waals surface area contributed by atoms with E-state index in [0.717, 1.165) is 25.9 Å². The number of sulfone groups is 1. The summed E-state index contributed by atoms with van der Waals surface area (Å²) in [4.78, 5) is 13.9. The van der Waals surface area contributed by atoms with Crippen LogP contribution in [0.25, 0.3) is 0 Å². The molecular formula is C12H21ClN2O4S. The Kier molecular flexibility index (Phi) is 5.28. The number of alkyl halides is 1. The first-order chi connectivity index (χ1) is 9.39. The number of hydrogen-bond acceptors (Lipinski definition) is 5. The number of nitrogens with one attached hydrogen (secondary N) is 1. The summed E-state index contributed by atoms with van der Waals surface area (Å²) in [5.41, 5.74) is 0. The van der Waals surface area contributed by atoms with Crippen LogP contribution in [0.4, 0.5) is 0 Å². The Labute approximate surface area is 124 Å². The van der Waals surface area contributed by atoms with Crippen molar-refractivity contribution in [2.24, 2.45) is 5.92 Å². The molecule has 1 amide bonds. The fraction of sp³-hybridized carbons (Fsp3) is 0.917. The molecule has 2 fully saturated rings. The second kappa shape index (κ2) is 6.60. The molecule has 2 heterocycles. The van der Waals surface area contributed by atoms with E-state index in [-0.39, 0.29) is 30.6 Å². The third-order valence-corrected chi connectivity index (χ3v) is 6.34. The first kappa shape index (κ1) is 16.0. The van der Waals surface area contributed by atoms with Crippen LogP contribution in [0, 0.1) is 5.92 Å². The van der Waals surface area contributed by atoms with E-state index in [1.807, 2.05) is 4.90 Å². The van der Waals surface area contributed by atoms with E-state index >= 15 is 0 Å². The van der Waals surface area contributed by atoms with Gasteiger partial charge in [-0.05, 0) is 31.8 Å². The van der Waals surface area contributed by atoms with Crippen LogP contribution >= 0.6 is 11.6 Å². The molecule has 0 aromatic heterocycles. The number of rotatable bonds is 4. The van der Waals surface area contributed by atoms with E-state index < -0.39 is 21.3 Å². The van der Waals surface area contributed by atoms with Gasteiger partial charge in [-0.25, -0.2) is 8.42 Å². The standard InChI is InChI=1S/C12H21ClN2O4S/c13-10-7-20(18,19)8-11(10)14-12(17)5-15-3-1-9(6-16)2-4-15/h9-11,16H,1-8H2,(H,14,17). The van der Waals surface area contributed by atoms with Gasteiger partial charge in [0.15, 0.2) is 9.84 Å². The molecule has 2 aliphatic heterocycles. The predicted octanol–water partition coefficient (Wildman–Crippen LogP) is -0.789. The number of hydrogen-bond donors (Lipinski definition) is 2. The monoisotopic (exact) mass is 324 g/mol. The van der Waals surface area contributed by atoms with Crippen molar-refractivity contribution >= 4 is 27.3 Å². The van der Waals surface area contributed by atoms with Crippen LogP contribution in [0.15, 0.2) is 0 Å². The highest BCUT2D eigenvalue weighted by molar-refractivity contribution is 7.91. The minimum atomic E-state index is -3.12. The Morgan fingerprint density at radius 1 is 1.30 bits per heavy atom. The maximum Gasteiger partial charge on any atom is 0.234 e. The second-order valence-electron chi connectivity index (χ2n) is 5.67. The first-order valence-electron chi connectivity index (χ1n) is 6.86. The fourth-order valence-electron chi connectivity index (χ4n) is 2.72. The summed E-state index contributed by atoms with van der Waals surface area (Å²) in [6, 6.07) is -0.482. The quantitative estimate of drug-likeness (QED) is 0.662. The van der Waals surface area contributed by atoms with Crippen LogP contribution in [0.3, 0.4) is 0 Å². The molecule has 0 radical (unpaired) electrons. The van der Waals surface area contributed by atoms with E-state index in [9.17, 15) is 13.2 Å². The molecule has 2 saturated heterocycles. The molecule has 116 valence electrons. The molecule has 0 aliphatic carbocycles. The zero-order valence-corrected chi connectivity index (χ0v) is 12.9. The lowest BCUT2D eigenvalue weighted by Crippen LogP contribution is -2.47. The zero-order chi connectivity index (χ0) is 14.8. The molecular weight excluding hydrogens is 304 g/mol. The zero-order valence-electron chi connectivity index (χ0n) is 11.3. The van der Waals surface area contributed by atoms with Gasteiger partial charge in [-0.2, -0.15) is 0 Å². The molecule has 6 nitrogen and oxygen atoms in total. The molecule has 0 saturated carbocycles. The third-order valence-electron chi connectivity index (χ3n) is 3.96. The van der Waals surface area contributed by atoms with Crippen molar-refractivity contribution in [2.45, 2.75) is 24.3 Å². The topological polar surface area (TPSA) is 86.7 Å². The van der Waals surface area contributed by atoms with Gasteiger partial charge in [0, 0.05) is 6.61 Å². The van der Waals surface area contributed by atoms with Gasteiger partial charge < -0.3 is 10.4 Å². The Hall–Kier alpha value is -0.370. The molecule has 0 spiro atoms. The summed E-state index contributed by atoms with van der Waals surface area (Å²) in [5.74, 6) is 0.0164. The Balaban J connectivity index is 1.76. The van der Waals surface area contributed by atoms with Gasteiger partial charge >= 0.3 is 0 Å². The summed E-state index contributed by atoms with van der Waals surface area (Å²) < 4.78 is 22.8. The van der Waals surface area contributed by atoms with E-state index in [2.05, 4.69) is 5.32 Å². The van der Waals surface area contributed by atoms with Crippen LogP contribution in [0.2, 0.25) is 0 Å². The number of likely N-dealkylation sites (tertiary alicyclic amines) is 1. The predicted molar refractivity (Wildman–Crippen MR) is 76.5 cm³/mol. The molecule has 8 heteroatoms. The SMILES string of the molecule is O=C(CN1CCC(CO)CC1)NC1CS(=O)(=O)CC1Cl. The van der Waals surface area contributed by atoms with Crippen molar-refractivity contribution in [3.8, 4) is 0 Å². The number of halogens is 1. The van der Waals surface area contributed by atoms with Crippen molar-refractivity contribution in [3.63, 3.8) is 0 Å². The average molecular weight is 325 g/mol. The van der Waals surface area contributed by atoms with E-state index in [1.165, 1.54) is 0 Å². The maximum atomic E-state index is 11.9. The summed E-state index contributed by atoms with van der Waals surface area (Å²) in [6.07, 6.45) is 1.78. The first-order valence-corrected chi connectivity index (χ1v) is 9.12. The van der Waals surface area contributed by atoms with Gasteiger partial charge in [0.05, 0.1) is 29.5 Å². The van der Waals surface area contributed by atoms with Gasteiger partial charge in [-0.15, -0.1) is 11.6 Å². The molecule has 2 rings (SSSR count). The molecule has 0 bridgehead atoms. The van der Waals surface area contributed by atoms with Crippen LogP contribution in [0.1, 0.15) is 12.8 Å². The number of amides is 1. The minimum absolute atomic E-state index is 0.0681. The van der Waals surface area contributed by atoms with Crippen molar-refractivity contribution in [1.82, 2.24) is 10.2 Å². The largest absolute Gasteiger partial charge is 0.396 e. The van der Waals surface area contributed by atoms with Gasteiger partial charge in [-0.1, -0.05) is 0 Å². The third kappa shape index (κ3) is 4.31. The molecule has 2 aliphatic rings. The lowest BCUT2D eigenvalue weighted by Gasteiger charge is -2.30. The number of carbonyl (C=O) groups excluding carboxylic acids is 1. The van der Waals surface area contributed by atoms with Crippen molar-refractivity contribution in [1.29, 1.82) is 0 Å². The Bertz CT molecular complexity index is 448. The molecule has 20 heavy (non-hydrogen) atoms. The van der Waals surface area contributed by atoms with Crippen LogP contribution in [-0.4, -0.2) is 73.5 Å². The number of carbonyl (C=O) groups is 1. The highest BCUT2D eigenvalue weighted by Gasteiger charge is 2.37. The van der Waals surface area contributed by atoms with Crippen molar-refractivity contribution < 1.29 is 18.3 Å². The second-order valence-corrected chi connectivity index (χ2v) is 8.38. The van der Waals surface area contributed by atoms with Crippen LogP contribution < -0.4 is 5.32 Å². The normalized spacial score (nSPS) is 31.3. The molecule has 2 unspecified atom stereocenters. The van der Waals surface area contributed by atoms with Gasteiger partial charge in [0.1, 0.15) is 0 Å². The average Bonchev–Trinajstić information content (AvgIpc) is 2.63. The van der Waals surface area contributed by atoms with Crippen LogP contribution in [-0.2, 0) is 14.6 Å². The smallest absolute Gasteiger partial charge is 0.234 e. The van der Waals surface area contributed by atoms with Crippen LogP contribution in [0.5, 0.6) is 0 Å². The van der Waals surface area contributed by atoms with E-state index in [0.29, 0.717) is 5.92 Å². The number of aliphatic hydroxyl groups is 1. The molecule has 2 N–H and O–H groups in total. The summed E-state index contributed by atoms with van der Waals surface area (Å²) >= 11 is 5.95. The van der Waals surface area contributed by atoms with Gasteiger partial charge in [0.25, 0.3) is 0 Å². The minimum Gasteiger partial charge on any atom is -0.396 e. The summed E-state index contributed by atoms with van der Waals surface area (Å²) in [6.45, 7) is 2.03. The van der Waals surface area contributed by atoms with Gasteiger partial charge in [0.2, 0.25) is 5.91 Å². The Morgan fingerprint density at radius 3 is 2.45 bits per heavy atom. The molecule has 2 atom stereocenters. The lowest BCUT2D eigenvalue weighted by atomic mass is 9.98. The van der Waals surface area contributed by atoms with Crippen molar-refractivity contribution in [2.75, 3.05) is 37.7 Å². The molecule has 0 aromatic carbocycles. The van der Waals surface area contributed by atoms with E-state index in [1.54, 1.807) is 0 Å². The molecule has 0 aromatic rings. The number of aliphatic hydroxyl groups excluding tert-OH is 1. The highest BCUT2D eigenvalue weighted by Crippen LogP contribution is 2.18.